The van der Waals surface area contributed by atoms with E-state index in [-0.39, 0.29) is 12.5 Å². The van der Waals surface area contributed by atoms with E-state index in [1.165, 1.54) is 0 Å². The zero-order valence-electron chi connectivity index (χ0n) is 12.8. The van der Waals surface area contributed by atoms with Gasteiger partial charge in [-0.2, -0.15) is 0 Å². The summed E-state index contributed by atoms with van der Waals surface area (Å²) in [6.45, 7) is 5.70. The Morgan fingerprint density at radius 1 is 1.43 bits per heavy atom. The molecule has 0 unspecified atom stereocenters. The number of nitrogens with one attached hydrogen (secondary N) is 1. The second-order valence-corrected chi connectivity index (χ2v) is 5.34. The van der Waals surface area contributed by atoms with E-state index in [2.05, 4.69) is 5.32 Å². The van der Waals surface area contributed by atoms with E-state index in [0.29, 0.717) is 12.6 Å². The Bertz CT molecular complexity index is 482. The Kier molecular flexibility index (Phi) is 5.44. The lowest BCUT2D eigenvalue weighted by molar-refractivity contribution is -0.129. The van der Waals surface area contributed by atoms with Crippen molar-refractivity contribution in [3.63, 3.8) is 0 Å². The van der Waals surface area contributed by atoms with Gasteiger partial charge in [-0.3, -0.25) is 4.79 Å². The fraction of sp³-hybridized carbons (Fsp3) is 0.562. The molecule has 1 amide bonds. The van der Waals surface area contributed by atoms with Crippen molar-refractivity contribution in [1.29, 1.82) is 0 Å². The minimum atomic E-state index is -0.0341. The Hall–Kier alpha value is -1.75. The van der Waals surface area contributed by atoms with Crippen LogP contribution >= 0.6 is 0 Å². The maximum Gasteiger partial charge on any atom is 0.219 e. The van der Waals surface area contributed by atoms with Gasteiger partial charge in [0.25, 0.3) is 0 Å². The van der Waals surface area contributed by atoms with Crippen molar-refractivity contribution in [2.75, 3.05) is 25.0 Å². The van der Waals surface area contributed by atoms with Gasteiger partial charge in [0, 0.05) is 37.3 Å². The van der Waals surface area contributed by atoms with Gasteiger partial charge in [0.15, 0.2) is 0 Å². The number of benzene rings is 1. The Morgan fingerprint density at radius 2 is 2.14 bits per heavy atom. The quantitative estimate of drug-likeness (QED) is 0.871. The number of anilines is 1. The van der Waals surface area contributed by atoms with Crippen molar-refractivity contribution < 1.29 is 14.6 Å². The monoisotopic (exact) mass is 292 g/mol. The topological polar surface area (TPSA) is 61.8 Å². The van der Waals surface area contributed by atoms with E-state index < -0.39 is 0 Å². The summed E-state index contributed by atoms with van der Waals surface area (Å²) in [4.78, 5) is 13.2. The van der Waals surface area contributed by atoms with Crippen molar-refractivity contribution in [2.45, 2.75) is 39.3 Å². The predicted molar refractivity (Wildman–Crippen MR) is 82.4 cm³/mol. The zero-order chi connectivity index (χ0) is 15.2. The molecule has 0 radical (unpaired) electrons. The second kappa shape index (κ2) is 7.31. The number of hydrogen-bond acceptors (Lipinski definition) is 4. The SMILES string of the molecule is CCOc1ccc(NC2CCN(C(C)=O)CC2)cc1CO. The Balaban J connectivity index is 1.96. The first kappa shape index (κ1) is 15.6. The average molecular weight is 292 g/mol. The third kappa shape index (κ3) is 4.11. The molecule has 0 aromatic heterocycles. The summed E-state index contributed by atoms with van der Waals surface area (Å²) in [7, 11) is 0. The lowest BCUT2D eigenvalue weighted by Crippen LogP contribution is -2.41. The van der Waals surface area contributed by atoms with Gasteiger partial charge in [0.2, 0.25) is 5.91 Å². The third-order valence-corrected chi connectivity index (χ3v) is 3.84. The van der Waals surface area contributed by atoms with Crippen molar-refractivity contribution >= 4 is 11.6 Å². The number of ether oxygens (including phenoxy) is 1. The maximum absolute atomic E-state index is 11.3. The number of hydrogen-bond donors (Lipinski definition) is 2. The van der Waals surface area contributed by atoms with Crippen LogP contribution in [0, 0.1) is 0 Å². The largest absolute Gasteiger partial charge is 0.494 e. The van der Waals surface area contributed by atoms with Crippen LogP contribution in [0.1, 0.15) is 32.3 Å². The normalized spacial score (nSPS) is 15.9. The number of carbonyl (C=O) groups is 1. The highest BCUT2D eigenvalue weighted by Crippen LogP contribution is 2.25. The first-order valence-electron chi connectivity index (χ1n) is 7.52. The highest BCUT2D eigenvalue weighted by molar-refractivity contribution is 5.73. The zero-order valence-corrected chi connectivity index (χ0v) is 12.8. The van der Waals surface area contributed by atoms with Crippen molar-refractivity contribution in [2.24, 2.45) is 0 Å². The molecule has 2 rings (SSSR count). The average Bonchev–Trinajstić information content (AvgIpc) is 2.49. The molecule has 5 nitrogen and oxygen atoms in total. The summed E-state index contributed by atoms with van der Waals surface area (Å²) in [5.74, 6) is 0.883. The maximum atomic E-state index is 11.3. The number of aliphatic hydroxyl groups excluding tert-OH is 1. The number of amides is 1. The molecule has 1 aliphatic rings. The summed E-state index contributed by atoms with van der Waals surface area (Å²) in [5.41, 5.74) is 1.78. The second-order valence-electron chi connectivity index (χ2n) is 5.34. The number of rotatable bonds is 5. The summed E-state index contributed by atoms with van der Waals surface area (Å²) >= 11 is 0. The highest BCUT2D eigenvalue weighted by Gasteiger charge is 2.20. The Labute approximate surface area is 125 Å². The molecule has 1 aromatic rings. The summed E-state index contributed by atoms with van der Waals surface area (Å²) < 4.78 is 5.48. The molecule has 1 saturated heterocycles. The fourth-order valence-electron chi connectivity index (χ4n) is 2.66. The highest BCUT2D eigenvalue weighted by atomic mass is 16.5. The summed E-state index contributed by atoms with van der Waals surface area (Å²) in [5, 5.41) is 12.9. The van der Waals surface area contributed by atoms with Gasteiger partial charge in [-0.15, -0.1) is 0 Å². The summed E-state index contributed by atoms with van der Waals surface area (Å²) in [6.07, 6.45) is 1.89. The number of carbonyl (C=O) groups excluding carboxylic acids is 1. The van der Waals surface area contributed by atoms with Crippen LogP contribution in [0.15, 0.2) is 18.2 Å². The van der Waals surface area contributed by atoms with E-state index in [9.17, 15) is 9.90 Å². The lowest BCUT2D eigenvalue weighted by Gasteiger charge is -2.32. The van der Waals surface area contributed by atoms with Crippen LogP contribution in [-0.2, 0) is 11.4 Å². The van der Waals surface area contributed by atoms with Gasteiger partial charge in [0.1, 0.15) is 5.75 Å². The van der Waals surface area contributed by atoms with Crippen molar-refractivity contribution in [1.82, 2.24) is 4.90 Å². The minimum absolute atomic E-state index is 0.0341. The third-order valence-electron chi connectivity index (χ3n) is 3.84. The van der Waals surface area contributed by atoms with Crippen LogP contribution in [0.25, 0.3) is 0 Å². The minimum Gasteiger partial charge on any atom is -0.494 e. The van der Waals surface area contributed by atoms with E-state index in [1.807, 2.05) is 30.0 Å². The van der Waals surface area contributed by atoms with Gasteiger partial charge in [-0.05, 0) is 38.0 Å². The van der Waals surface area contributed by atoms with E-state index in [1.54, 1.807) is 6.92 Å². The number of aliphatic hydroxyl groups is 1. The number of likely N-dealkylation sites (tertiary alicyclic amines) is 1. The van der Waals surface area contributed by atoms with Crippen LogP contribution in [0.3, 0.4) is 0 Å². The van der Waals surface area contributed by atoms with E-state index in [0.717, 1.165) is 42.9 Å². The smallest absolute Gasteiger partial charge is 0.219 e. The molecule has 21 heavy (non-hydrogen) atoms. The Morgan fingerprint density at radius 3 is 2.71 bits per heavy atom. The molecule has 0 aliphatic carbocycles. The molecule has 1 fully saturated rings. The van der Waals surface area contributed by atoms with Gasteiger partial charge in [-0.1, -0.05) is 0 Å². The standard InChI is InChI=1S/C16H24N2O3/c1-3-21-16-5-4-15(10-13(16)11-19)17-14-6-8-18(9-7-14)12(2)20/h4-5,10,14,17,19H,3,6-9,11H2,1-2H3. The molecule has 2 N–H and O–H groups in total. The first-order chi connectivity index (χ1) is 10.1. The van der Waals surface area contributed by atoms with Gasteiger partial charge >= 0.3 is 0 Å². The molecule has 116 valence electrons. The molecular formula is C16H24N2O3. The lowest BCUT2D eigenvalue weighted by atomic mass is 10.0. The fourth-order valence-corrected chi connectivity index (χ4v) is 2.66. The molecule has 0 atom stereocenters. The molecule has 0 bridgehead atoms. The van der Waals surface area contributed by atoms with Crippen LogP contribution in [0.2, 0.25) is 0 Å². The molecule has 1 aliphatic heterocycles. The van der Waals surface area contributed by atoms with Gasteiger partial charge in [0.05, 0.1) is 13.2 Å². The van der Waals surface area contributed by atoms with Crippen LogP contribution in [-0.4, -0.2) is 41.7 Å². The first-order valence-corrected chi connectivity index (χ1v) is 7.52. The molecule has 1 aromatic carbocycles. The number of piperidine rings is 1. The molecule has 0 spiro atoms. The van der Waals surface area contributed by atoms with E-state index in [4.69, 9.17) is 4.74 Å². The summed E-state index contributed by atoms with van der Waals surface area (Å²) in [6, 6.07) is 6.16. The van der Waals surface area contributed by atoms with Crippen molar-refractivity contribution in [3.05, 3.63) is 23.8 Å². The van der Waals surface area contributed by atoms with Crippen molar-refractivity contribution in [3.8, 4) is 5.75 Å². The molecule has 1 heterocycles. The predicted octanol–water partition coefficient (Wildman–Crippen LogP) is 2.00. The molecule has 5 heteroatoms. The molecule has 0 saturated carbocycles. The van der Waals surface area contributed by atoms with Crippen LogP contribution in [0.5, 0.6) is 5.75 Å². The van der Waals surface area contributed by atoms with Gasteiger partial charge in [-0.25, -0.2) is 0 Å². The van der Waals surface area contributed by atoms with E-state index >= 15 is 0 Å². The van der Waals surface area contributed by atoms with Crippen LogP contribution in [0.4, 0.5) is 5.69 Å². The van der Waals surface area contributed by atoms with Gasteiger partial charge < -0.3 is 20.1 Å². The molecular weight excluding hydrogens is 268 g/mol. The number of nitrogens with zero attached hydrogens (tertiary/aromatic N) is 1. The van der Waals surface area contributed by atoms with Crippen LogP contribution < -0.4 is 10.1 Å².